The summed E-state index contributed by atoms with van der Waals surface area (Å²) < 4.78 is 0. The molecule has 0 aromatic heterocycles. The van der Waals surface area contributed by atoms with E-state index in [1.807, 2.05) is 49.5 Å². The summed E-state index contributed by atoms with van der Waals surface area (Å²) in [5.74, 6) is -0.904. The zero-order chi connectivity index (χ0) is 18.0. The lowest BCUT2D eigenvalue weighted by molar-refractivity contribution is -0.137. The fourth-order valence-corrected chi connectivity index (χ4v) is 1.89. The number of aliphatic carboxylic acids is 1. The van der Waals surface area contributed by atoms with Crippen molar-refractivity contribution in [2.24, 2.45) is 0 Å². The van der Waals surface area contributed by atoms with Gasteiger partial charge in [-0.2, -0.15) is 0 Å². The quantitative estimate of drug-likeness (QED) is 0.365. The van der Waals surface area contributed by atoms with Gasteiger partial charge in [0.2, 0.25) is 0 Å². The van der Waals surface area contributed by atoms with Crippen LogP contribution >= 0.6 is 0 Å². The number of hydrogen-bond donors (Lipinski definition) is 2. The standard InChI is InChI=1S/C20H30O4/c1-2-3-12-15-18(21)19(22)16-13-10-8-6-4-5-7-9-11-14-17-20(23)24/h3-4,6-7,9-10,12-13,18,21H,2,5,8,11,14-17H2,1H3,(H,23,24)/b6-4?,9-7-,12-3?,13-10?. The number of carboxylic acids is 1. The smallest absolute Gasteiger partial charge is 0.303 e. The number of Topliss-reactive ketones (excluding diaryl/α,β-unsaturated/α-hetero) is 1. The summed E-state index contributed by atoms with van der Waals surface area (Å²) in [6.45, 7) is 2.01. The zero-order valence-electron chi connectivity index (χ0n) is 14.6. The Bertz CT molecular complexity index is 458. The van der Waals surface area contributed by atoms with Crippen LogP contribution in [0, 0.1) is 0 Å². The van der Waals surface area contributed by atoms with Crippen LogP contribution in [-0.2, 0) is 9.59 Å². The Morgan fingerprint density at radius 1 is 0.917 bits per heavy atom. The van der Waals surface area contributed by atoms with Gasteiger partial charge < -0.3 is 10.2 Å². The molecule has 0 amide bonds. The third kappa shape index (κ3) is 15.0. The van der Waals surface area contributed by atoms with Gasteiger partial charge in [-0.15, -0.1) is 0 Å². The van der Waals surface area contributed by atoms with Gasteiger partial charge in [0, 0.05) is 12.8 Å². The van der Waals surface area contributed by atoms with Crippen molar-refractivity contribution < 1.29 is 19.8 Å². The highest BCUT2D eigenvalue weighted by Crippen LogP contribution is 2.02. The van der Waals surface area contributed by atoms with Crippen molar-refractivity contribution in [2.45, 2.75) is 64.4 Å². The van der Waals surface area contributed by atoms with Gasteiger partial charge in [-0.1, -0.05) is 55.5 Å². The number of carbonyl (C=O) groups excluding carboxylic acids is 1. The maximum atomic E-state index is 11.6. The Kier molecular flexibility index (Phi) is 14.6. The van der Waals surface area contributed by atoms with Gasteiger partial charge in [0.05, 0.1) is 0 Å². The monoisotopic (exact) mass is 334 g/mol. The summed E-state index contributed by atoms with van der Waals surface area (Å²) in [6, 6.07) is 0. The molecule has 0 aliphatic heterocycles. The van der Waals surface area contributed by atoms with Gasteiger partial charge in [0.15, 0.2) is 5.78 Å². The number of hydrogen-bond acceptors (Lipinski definition) is 3. The van der Waals surface area contributed by atoms with E-state index in [0.717, 1.165) is 25.7 Å². The van der Waals surface area contributed by atoms with E-state index in [9.17, 15) is 14.7 Å². The van der Waals surface area contributed by atoms with Crippen molar-refractivity contribution in [3.05, 3.63) is 48.6 Å². The van der Waals surface area contributed by atoms with Gasteiger partial charge in [-0.25, -0.2) is 0 Å². The molecule has 0 saturated heterocycles. The molecule has 0 spiro atoms. The highest BCUT2D eigenvalue weighted by Gasteiger charge is 2.10. The number of carbonyl (C=O) groups is 2. The molecule has 0 aliphatic carbocycles. The summed E-state index contributed by atoms with van der Waals surface area (Å²) in [5, 5.41) is 18.1. The molecule has 1 unspecified atom stereocenters. The van der Waals surface area contributed by atoms with Crippen molar-refractivity contribution in [3.63, 3.8) is 0 Å². The Morgan fingerprint density at radius 3 is 2.17 bits per heavy atom. The van der Waals surface area contributed by atoms with Gasteiger partial charge >= 0.3 is 5.97 Å². The van der Waals surface area contributed by atoms with E-state index in [4.69, 9.17) is 5.11 Å². The maximum Gasteiger partial charge on any atom is 0.303 e. The van der Waals surface area contributed by atoms with Crippen molar-refractivity contribution in [1.82, 2.24) is 0 Å². The molecule has 0 fully saturated rings. The summed E-state index contributed by atoms with van der Waals surface area (Å²) in [7, 11) is 0. The van der Waals surface area contributed by atoms with Crippen molar-refractivity contribution in [1.29, 1.82) is 0 Å². The second kappa shape index (κ2) is 15.9. The predicted octanol–water partition coefficient (Wildman–Crippen LogP) is 4.37. The summed E-state index contributed by atoms with van der Waals surface area (Å²) >= 11 is 0. The van der Waals surface area contributed by atoms with Crippen molar-refractivity contribution in [2.75, 3.05) is 0 Å². The summed E-state index contributed by atoms with van der Waals surface area (Å²) in [5.41, 5.74) is 0. The molecule has 2 N–H and O–H groups in total. The average Bonchev–Trinajstić information content (AvgIpc) is 2.55. The highest BCUT2D eigenvalue weighted by molar-refractivity contribution is 5.84. The molecule has 0 aliphatic rings. The van der Waals surface area contributed by atoms with E-state index in [-0.39, 0.29) is 18.6 Å². The minimum Gasteiger partial charge on any atom is -0.481 e. The maximum absolute atomic E-state index is 11.6. The van der Waals surface area contributed by atoms with Crippen LogP contribution in [0.25, 0.3) is 0 Å². The number of rotatable bonds is 14. The molecule has 0 saturated carbocycles. The van der Waals surface area contributed by atoms with Crippen LogP contribution in [0.4, 0.5) is 0 Å². The van der Waals surface area contributed by atoms with Crippen LogP contribution in [-0.4, -0.2) is 28.1 Å². The van der Waals surface area contributed by atoms with E-state index >= 15 is 0 Å². The van der Waals surface area contributed by atoms with Crippen LogP contribution in [0.2, 0.25) is 0 Å². The molecule has 134 valence electrons. The first kappa shape index (κ1) is 22.1. The second-order valence-corrected chi connectivity index (χ2v) is 5.47. The van der Waals surface area contributed by atoms with Gasteiger partial charge in [0.25, 0.3) is 0 Å². The molecule has 0 heterocycles. The number of ketones is 1. The number of aliphatic hydroxyl groups excluding tert-OH is 1. The van der Waals surface area contributed by atoms with Crippen LogP contribution in [0.15, 0.2) is 48.6 Å². The number of allylic oxidation sites excluding steroid dienone is 7. The SMILES string of the molecule is CCC=CCC(O)C(=O)CC=CCC=CC/C=C\CCCC(=O)O. The molecule has 4 heteroatoms. The predicted molar refractivity (Wildman–Crippen MR) is 97.8 cm³/mol. The summed E-state index contributed by atoms with van der Waals surface area (Å²) in [4.78, 5) is 22.0. The molecule has 0 aromatic carbocycles. The van der Waals surface area contributed by atoms with E-state index in [0.29, 0.717) is 12.8 Å². The zero-order valence-corrected chi connectivity index (χ0v) is 14.6. The molecular weight excluding hydrogens is 304 g/mol. The van der Waals surface area contributed by atoms with Crippen molar-refractivity contribution >= 4 is 11.8 Å². The van der Waals surface area contributed by atoms with Gasteiger partial charge in [0.1, 0.15) is 6.10 Å². The molecule has 24 heavy (non-hydrogen) atoms. The lowest BCUT2D eigenvalue weighted by Gasteiger charge is -2.03. The summed E-state index contributed by atoms with van der Waals surface area (Å²) in [6.07, 6.45) is 19.5. The third-order valence-corrected chi connectivity index (χ3v) is 3.26. The lowest BCUT2D eigenvalue weighted by atomic mass is 10.1. The second-order valence-electron chi connectivity index (χ2n) is 5.47. The first-order chi connectivity index (χ1) is 11.6. The Hall–Kier alpha value is -1.94. The number of aliphatic hydroxyl groups is 1. The largest absolute Gasteiger partial charge is 0.481 e. The Morgan fingerprint density at radius 2 is 1.54 bits per heavy atom. The van der Waals surface area contributed by atoms with Crippen LogP contribution in [0.3, 0.4) is 0 Å². The minimum absolute atomic E-state index is 0.153. The average molecular weight is 334 g/mol. The van der Waals surface area contributed by atoms with E-state index in [1.165, 1.54) is 0 Å². The lowest BCUT2D eigenvalue weighted by Crippen LogP contribution is -2.18. The number of carboxylic acid groups (broad SMARTS) is 1. The number of unbranched alkanes of at least 4 members (excludes halogenated alkanes) is 1. The third-order valence-electron chi connectivity index (χ3n) is 3.26. The normalized spacial score (nSPS) is 13.6. The fraction of sp³-hybridized carbons (Fsp3) is 0.500. The van der Waals surface area contributed by atoms with Crippen LogP contribution in [0.5, 0.6) is 0 Å². The highest BCUT2D eigenvalue weighted by atomic mass is 16.4. The molecule has 1 atom stereocenters. The molecule has 4 nitrogen and oxygen atoms in total. The molecule has 0 aromatic rings. The van der Waals surface area contributed by atoms with Gasteiger partial charge in [-0.3, -0.25) is 9.59 Å². The first-order valence-electron chi connectivity index (χ1n) is 8.60. The van der Waals surface area contributed by atoms with Crippen LogP contribution in [0.1, 0.15) is 58.3 Å². The first-order valence-corrected chi connectivity index (χ1v) is 8.60. The Balaban J connectivity index is 3.70. The molecule has 0 bridgehead atoms. The minimum atomic E-state index is -0.903. The van der Waals surface area contributed by atoms with E-state index < -0.39 is 12.1 Å². The van der Waals surface area contributed by atoms with Crippen molar-refractivity contribution in [3.8, 4) is 0 Å². The topological polar surface area (TPSA) is 74.6 Å². The van der Waals surface area contributed by atoms with Crippen LogP contribution < -0.4 is 0 Å². The molecule has 0 radical (unpaired) electrons. The molecular formula is C20H30O4. The Labute approximate surface area is 145 Å². The van der Waals surface area contributed by atoms with E-state index in [1.54, 1.807) is 6.08 Å². The van der Waals surface area contributed by atoms with Gasteiger partial charge in [-0.05, 0) is 38.5 Å². The fourth-order valence-electron chi connectivity index (χ4n) is 1.89. The van der Waals surface area contributed by atoms with E-state index in [2.05, 4.69) is 0 Å². The molecule has 0 rings (SSSR count).